The maximum absolute atomic E-state index is 14.3. The van der Waals surface area contributed by atoms with Crippen molar-refractivity contribution in [2.45, 2.75) is 39.0 Å². The molecule has 0 atom stereocenters. The van der Waals surface area contributed by atoms with Crippen LogP contribution < -0.4 is 9.47 Å². The highest BCUT2D eigenvalue weighted by Gasteiger charge is 2.20. The van der Waals surface area contributed by atoms with Crippen molar-refractivity contribution >= 4 is 0 Å². The Morgan fingerprint density at radius 3 is 2.57 bits per heavy atom. The summed E-state index contributed by atoms with van der Waals surface area (Å²) in [7, 11) is 0. The standard InChI is InChI=1S/C18H23FO2/c1-13-16(20-11-3-6-14-7-8-14)9-10-17(18(13)19)21-12-15-4-2-5-15/h3,6,9-10,14-15H,2,4-5,7-8,11-12H2,1H3/b6-3+. The molecule has 2 fully saturated rings. The number of ether oxygens (including phenoxy) is 2. The summed E-state index contributed by atoms with van der Waals surface area (Å²) in [4.78, 5) is 0. The summed E-state index contributed by atoms with van der Waals surface area (Å²) < 4.78 is 25.5. The Kier molecular flexibility index (Phi) is 4.47. The van der Waals surface area contributed by atoms with E-state index >= 15 is 0 Å². The van der Waals surface area contributed by atoms with Crippen LogP contribution >= 0.6 is 0 Å². The Bertz CT molecular complexity index is 516. The average molecular weight is 290 g/mol. The van der Waals surface area contributed by atoms with Crippen molar-refractivity contribution in [3.05, 3.63) is 35.7 Å². The minimum absolute atomic E-state index is 0.294. The third kappa shape index (κ3) is 3.78. The monoisotopic (exact) mass is 290 g/mol. The van der Waals surface area contributed by atoms with Crippen molar-refractivity contribution in [1.29, 1.82) is 0 Å². The predicted molar refractivity (Wildman–Crippen MR) is 81.3 cm³/mol. The highest BCUT2D eigenvalue weighted by atomic mass is 19.1. The summed E-state index contributed by atoms with van der Waals surface area (Å²) in [5.41, 5.74) is 0.529. The van der Waals surface area contributed by atoms with Crippen molar-refractivity contribution in [2.24, 2.45) is 11.8 Å². The first kappa shape index (κ1) is 14.4. The van der Waals surface area contributed by atoms with Gasteiger partial charge >= 0.3 is 0 Å². The highest BCUT2D eigenvalue weighted by Crippen LogP contribution is 2.32. The lowest BCUT2D eigenvalue weighted by molar-refractivity contribution is 0.175. The van der Waals surface area contributed by atoms with Crippen LogP contribution in [0.2, 0.25) is 0 Å². The molecule has 2 aliphatic carbocycles. The fraction of sp³-hybridized carbons (Fsp3) is 0.556. The second-order valence-corrected chi connectivity index (χ2v) is 6.19. The molecule has 0 N–H and O–H groups in total. The maximum atomic E-state index is 14.3. The maximum Gasteiger partial charge on any atom is 0.171 e. The normalized spacial score (nSPS) is 18.8. The summed E-state index contributed by atoms with van der Waals surface area (Å²) in [6.07, 6.45) is 10.5. The van der Waals surface area contributed by atoms with Gasteiger partial charge in [0.2, 0.25) is 0 Å². The van der Waals surface area contributed by atoms with Crippen molar-refractivity contribution in [3.8, 4) is 11.5 Å². The molecular weight excluding hydrogens is 267 g/mol. The van der Waals surface area contributed by atoms with E-state index in [1.807, 2.05) is 6.08 Å². The molecule has 0 saturated heterocycles. The zero-order chi connectivity index (χ0) is 14.7. The Morgan fingerprint density at radius 1 is 1.14 bits per heavy atom. The van der Waals surface area contributed by atoms with E-state index in [1.165, 1.54) is 32.1 Å². The zero-order valence-corrected chi connectivity index (χ0v) is 12.6. The Hall–Kier alpha value is -1.51. The molecule has 0 spiro atoms. The number of halogens is 1. The van der Waals surface area contributed by atoms with Crippen LogP contribution in [0.3, 0.4) is 0 Å². The van der Waals surface area contributed by atoms with Crippen molar-refractivity contribution < 1.29 is 13.9 Å². The van der Waals surface area contributed by atoms with Gasteiger partial charge in [0.1, 0.15) is 12.4 Å². The molecule has 2 aliphatic rings. The van der Waals surface area contributed by atoms with Gasteiger partial charge in [-0.1, -0.05) is 18.6 Å². The van der Waals surface area contributed by atoms with E-state index in [4.69, 9.17) is 9.47 Å². The van der Waals surface area contributed by atoms with Crippen LogP contribution in [0, 0.1) is 24.6 Å². The van der Waals surface area contributed by atoms with Crippen LogP contribution in [0.5, 0.6) is 11.5 Å². The Morgan fingerprint density at radius 2 is 1.90 bits per heavy atom. The van der Waals surface area contributed by atoms with Gasteiger partial charge in [0, 0.05) is 5.56 Å². The van der Waals surface area contributed by atoms with Gasteiger partial charge in [-0.25, -0.2) is 4.39 Å². The van der Waals surface area contributed by atoms with Gasteiger partial charge < -0.3 is 9.47 Å². The molecule has 0 bridgehead atoms. The quantitative estimate of drug-likeness (QED) is 0.680. The molecule has 3 heteroatoms. The topological polar surface area (TPSA) is 18.5 Å². The van der Waals surface area contributed by atoms with Crippen LogP contribution in [0.25, 0.3) is 0 Å². The molecular formula is C18H23FO2. The van der Waals surface area contributed by atoms with E-state index in [0.29, 0.717) is 36.2 Å². The van der Waals surface area contributed by atoms with E-state index in [2.05, 4.69) is 6.08 Å². The minimum atomic E-state index is -0.294. The molecule has 0 aliphatic heterocycles. The predicted octanol–water partition coefficient (Wildman–Crippen LogP) is 4.66. The molecule has 1 aromatic carbocycles. The zero-order valence-electron chi connectivity index (χ0n) is 12.6. The largest absolute Gasteiger partial charge is 0.490 e. The van der Waals surface area contributed by atoms with E-state index in [1.54, 1.807) is 19.1 Å². The second-order valence-electron chi connectivity index (χ2n) is 6.19. The van der Waals surface area contributed by atoms with Gasteiger partial charge in [0.25, 0.3) is 0 Å². The van der Waals surface area contributed by atoms with Crippen molar-refractivity contribution in [1.82, 2.24) is 0 Å². The summed E-state index contributed by atoms with van der Waals surface area (Å²) in [6.45, 7) is 2.87. The van der Waals surface area contributed by atoms with Crippen molar-refractivity contribution in [3.63, 3.8) is 0 Å². The van der Waals surface area contributed by atoms with Crippen LogP contribution in [0.4, 0.5) is 4.39 Å². The summed E-state index contributed by atoms with van der Waals surface area (Å²) in [5.74, 6) is 2.00. The molecule has 1 aromatic rings. The fourth-order valence-corrected chi connectivity index (χ4v) is 2.45. The SMILES string of the molecule is Cc1c(OC/C=C/C2CC2)ccc(OCC2CCC2)c1F. The molecule has 0 heterocycles. The molecule has 0 unspecified atom stereocenters. The molecule has 114 valence electrons. The Labute approximate surface area is 126 Å². The number of benzene rings is 1. The molecule has 0 radical (unpaired) electrons. The van der Waals surface area contributed by atoms with E-state index < -0.39 is 0 Å². The Balaban J connectivity index is 1.55. The lowest BCUT2D eigenvalue weighted by Crippen LogP contribution is -2.19. The van der Waals surface area contributed by atoms with Crippen LogP contribution in [-0.4, -0.2) is 13.2 Å². The molecule has 0 amide bonds. The van der Waals surface area contributed by atoms with Crippen LogP contribution in [0.1, 0.15) is 37.7 Å². The van der Waals surface area contributed by atoms with Gasteiger partial charge in [-0.05, 0) is 56.6 Å². The third-order valence-corrected chi connectivity index (χ3v) is 4.37. The molecule has 21 heavy (non-hydrogen) atoms. The van der Waals surface area contributed by atoms with E-state index in [9.17, 15) is 4.39 Å². The average Bonchev–Trinajstić information content (AvgIpc) is 3.24. The van der Waals surface area contributed by atoms with Crippen LogP contribution in [0.15, 0.2) is 24.3 Å². The van der Waals surface area contributed by atoms with Gasteiger partial charge in [-0.3, -0.25) is 0 Å². The van der Waals surface area contributed by atoms with Crippen molar-refractivity contribution in [2.75, 3.05) is 13.2 Å². The van der Waals surface area contributed by atoms with Crippen LogP contribution in [-0.2, 0) is 0 Å². The number of allylic oxidation sites excluding steroid dienone is 1. The molecule has 0 aromatic heterocycles. The minimum Gasteiger partial charge on any atom is -0.490 e. The fourth-order valence-electron chi connectivity index (χ4n) is 2.45. The highest BCUT2D eigenvalue weighted by molar-refractivity contribution is 5.41. The third-order valence-electron chi connectivity index (χ3n) is 4.37. The smallest absolute Gasteiger partial charge is 0.171 e. The number of rotatable bonds is 7. The number of hydrogen-bond donors (Lipinski definition) is 0. The van der Waals surface area contributed by atoms with E-state index in [-0.39, 0.29) is 5.82 Å². The molecule has 3 rings (SSSR count). The summed E-state index contributed by atoms with van der Waals surface area (Å²) in [6, 6.07) is 3.49. The first-order valence-electron chi connectivity index (χ1n) is 7.95. The molecule has 2 nitrogen and oxygen atoms in total. The van der Waals surface area contributed by atoms with Gasteiger partial charge in [-0.2, -0.15) is 0 Å². The lowest BCUT2D eigenvalue weighted by atomic mass is 9.86. The first-order valence-corrected chi connectivity index (χ1v) is 7.95. The lowest BCUT2D eigenvalue weighted by Gasteiger charge is -2.25. The van der Waals surface area contributed by atoms with Gasteiger partial charge in [-0.15, -0.1) is 0 Å². The summed E-state index contributed by atoms with van der Waals surface area (Å²) >= 11 is 0. The van der Waals surface area contributed by atoms with E-state index in [0.717, 1.165) is 5.92 Å². The molecule has 2 saturated carbocycles. The first-order chi connectivity index (χ1) is 10.2. The second kappa shape index (κ2) is 6.50. The van der Waals surface area contributed by atoms with Gasteiger partial charge in [0.15, 0.2) is 11.6 Å². The summed E-state index contributed by atoms with van der Waals surface area (Å²) in [5, 5.41) is 0. The number of hydrogen-bond acceptors (Lipinski definition) is 2. The van der Waals surface area contributed by atoms with Gasteiger partial charge in [0.05, 0.1) is 6.61 Å².